The lowest BCUT2D eigenvalue weighted by Crippen LogP contribution is -2.28. The topological polar surface area (TPSA) is 102 Å². The van der Waals surface area contributed by atoms with Gasteiger partial charge in [0.15, 0.2) is 5.75 Å². The summed E-state index contributed by atoms with van der Waals surface area (Å²) >= 11 is 0. The van der Waals surface area contributed by atoms with Crippen LogP contribution in [0.25, 0.3) is 0 Å². The molecule has 114 valence electrons. The first-order valence-electron chi connectivity index (χ1n) is 6.95. The number of rotatable bonds is 6. The van der Waals surface area contributed by atoms with E-state index in [0.717, 1.165) is 25.0 Å². The van der Waals surface area contributed by atoms with E-state index in [9.17, 15) is 20.0 Å². The normalized spacial score (nSPS) is 15.0. The summed E-state index contributed by atoms with van der Waals surface area (Å²) < 4.78 is 5.61. The van der Waals surface area contributed by atoms with Crippen molar-refractivity contribution in [1.29, 1.82) is 0 Å². The molecule has 0 spiro atoms. The van der Waals surface area contributed by atoms with Gasteiger partial charge in [0.05, 0.1) is 17.6 Å². The number of phenolic OH excluding ortho intramolecular Hbond substituents is 1. The van der Waals surface area contributed by atoms with Crippen molar-refractivity contribution in [1.82, 2.24) is 5.32 Å². The molecule has 7 nitrogen and oxygen atoms in total. The molecular formula is C14H18N2O5. The zero-order valence-electron chi connectivity index (χ0n) is 11.6. The van der Waals surface area contributed by atoms with Gasteiger partial charge in [0.2, 0.25) is 0 Å². The van der Waals surface area contributed by atoms with Gasteiger partial charge in [-0.05, 0) is 25.0 Å². The van der Waals surface area contributed by atoms with Crippen LogP contribution in [0.2, 0.25) is 0 Å². The maximum absolute atomic E-state index is 11.9. The number of nitro groups is 1. The van der Waals surface area contributed by atoms with E-state index in [1.165, 1.54) is 18.9 Å². The number of phenols is 1. The number of carbonyl (C=O) groups is 1. The van der Waals surface area contributed by atoms with Crippen molar-refractivity contribution in [2.24, 2.45) is 0 Å². The largest absolute Gasteiger partial charge is 0.502 e. The number of aromatic hydroxyl groups is 1. The van der Waals surface area contributed by atoms with E-state index in [1.54, 1.807) is 0 Å². The number of nitro benzene ring substituents is 1. The zero-order chi connectivity index (χ0) is 15.2. The molecule has 1 saturated carbocycles. The Bertz CT molecular complexity index is 526. The minimum atomic E-state index is -0.727. The molecule has 0 bridgehead atoms. The van der Waals surface area contributed by atoms with Crippen LogP contribution in [-0.4, -0.2) is 35.2 Å². The van der Waals surface area contributed by atoms with E-state index >= 15 is 0 Å². The summed E-state index contributed by atoms with van der Waals surface area (Å²) in [6.07, 6.45) is 4.80. The molecule has 2 rings (SSSR count). The Hall–Kier alpha value is -2.15. The van der Waals surface area contributed by atoms with Crippen LogP contribution in [0, 0.1) is 10.1 Å². The Morgan fingerprint density at radius 1 is 1.43 bits per heavy atom. The molecule has 0 unspecified atom stereocenters. The van der Waals surface area contributed by atoms with Gasteiger partial charge in [0.1, 0.15) is 0 Å². The lowest BCUT2D eigenvalue weighted by molar-refractivity contribution is -0.385. The fourth-order valence-corrected chi connectivity index (χ4v) is 2.36. The molecule has 1 aliphatic rings. The van der Waals surface area contributed by atoms with Crippen molar-refractivity contribution >= 4 is 11.6 Å². The number of carbonyl (C=O) groups excluding carboxylic acids is 1. The van der Waals surface area contributed by atoms with Crippen molar-refractivity contribution in [3.8, 4) is 5.75 Å². The number of benzene rings is 1. The van der Waals surface area contributed by atoms with E-state index in [4.69, 9.17) is 4.74 Å². The molecule has 0 aromatic heterocycles. The Morgan fingerprint density at radius 2 is 2.14 bits per heavy atom. The molecule has 2 N–H and O–H groups in total. The van der Waals surface area contributed by atoms with Crippen molar-refractivity contribution < 1.29 is 19.6 Å². The third-order valence-electron chi connectivity index (χ3n) is 3.48. The third kappa shape index (κ3) is 4.16. The highest BCUT2D eigenvalue weighted by Gasteiger charge is 2.17. The first-order chi connectivity index (χ1) is 10.1. The lowest BCUT2D eigenvalue weighted by atomic mass is 10.2. The number of hydrogen-bond donors (Lipinski definition) is 2. The Labute approximate surface area is 122 Å². The monoisotopic (exact) mass is 294 g/mol. The van der Waals surface area contributed by atoms with Crippen molar-refractivity contribution in [3.63, 3.8) is 0 Å². The van der Waals surface area contributed by atoms with E-state index in [1.807, 2.05) is 0 Å². The van der Waals surface area contributed by atoms with Crippen LogP contribution < -0.4 is 5.32 Å². The molecule has 1 fully saturated rings. The van der Waals surface area contributed by atoms with Crippen LogP contribution >= 0.6 is 0 Å². The third-order valence-corrected chi connectivity index (χ3v) is 3.48. The highest BCUT2D eigenvalue weighted by Crippen LogP contribution is 2.26. The number of hydrogen-bond acceptors (Lipinski definition) is 5. The highest BCUT2D eigenvalue weighted by atomic mass is 16.6. The molecule has 1 aromatic carbocycles. The molecule has 0 aliphatic heterocycles. The van der Waals surface area contributed by atoms with Crippen molar-refractivity contribution in [2.75, 3.05) is 13.2 Å². The predicted molar refractivity (Wildman–Crippen MR) is 75.3 cm³/mol. The zero-order valence-corrected chi connectivity index (χ0v) is 11.6. The fourth-order valence-electron chi connectivity index (χ4n) is 2.36. The predicted octanol–water partition coefficient (Wildman–Crippen LogP) is 1.99. The average molecular weight is 294 g/mol. The smallest absolute Gasteiger partial charge is 0.311 e. The molecule has 1 aliphatic carbocycles. The van der Waals surface area contributed by atoms with Crippen LogP contribution in [-0.2, 0) is 4.74 Å². The molecule has 1 aromatic rings. The van der Waals surface area contributed by atoms with Gasteiger partial charge in [-0.3, -0.25) is 14.9 Å². The van der Waals surface area contributed by atoms with E-state index in [-0.39, 0.29) is 11.7 Å². The van der Waals surface area contributed by atoms with Crippen molar-refractivity contribution in [3.05, 3.63) is 33.9 Å². The second kappa shape index (κ2) is 7.03. The van der Waals surface area contributed by atoms with Gasteiger partial charge in [0.25, 0.3) is 5.91 Å². The quantitative estimate of drug-likeness (QED) is 0.474. The fraction of sp³-hybridized carbons (Fsp3) is 0.500. The summed E-state index contributed by atoms with van der Waals surface area (Å²) in [5, 5.41) is 22.7. The Kier molecular flexibility index (Phi) is 5.10. The lowest BCUT2D eigenvalue weighted by Gasteiger charge is -2.11. The second-order valence-corrected chi connectivity index (χ2v) is 4.99. The molecule has 0 atom stereocenters. The summed E-state index contributed by atoms with van der Waals surface area (Å²) in [5.41, 5.74) is -0.342. The molecule has 21 heavy (non-hydrogen) atoms. The van der Waals surface area contributed by atoms with Crippen LogP contribution in [0.1, 0.15) is 36.0 Å². The van der Waals surface area contributed by atoms with E-state index in [0.29, 0.717) is 13.2 Å². The number of amides is 1. The SMILES string of the molecule is O=C(NCCOC1CCCC1)c1ccc(O)c([N+](=O)[O-])c1. The van der Waals surface area contributed by atoms with Gasteiger partial charge in [0, 0.05) is 18.2 Å². The molecule has 1 amide bonds. The molecule has 0 heterocycles. The number of ether oxygens (including phenoxy) is 1. The first kappa shape index (κ1) is 15.2. The molecule has 7 heteroatoms. The minimum absolute atomic E-state index is 0.139. The van der Waals surface area contributed by atoms with Crippen LogP contribution in [0.15, 0.2) is 18.2 Å². The van der Waals surface area contributed by atoms with Gasteiger partial charge in [-0.1, -0.05) is 12.8 Å². The van der Waals surface area contributed by atoms with Gasteiger partial charge >= 0.3 is 5.69 Å². The van der Waals surface area contributed by atoms with Gasteiger partial charge < -0.3 is 15.2 Å². The summed E-state index contributed by atoms with van der Waals surface area (Å²) in [6.45, 7) is 0.778. The van der Waals surface area contributed by atoms with Gasteiger partial charge in [-0.2, -0.15) is 0 Å². The standard InChI is InChI=1S/C14H18N2O5/c17-13-6-5-10(9-12(13)16(19)20)14(18)15-7-8-21-11-3-1-2-4-11/h5-6,9,11,17H,1-4,7-8H2,(H,15,18). The summed E-state index contributed by atoms with van der Waals surface area (Å²) in [6, 6.07) is 3.54. The second-order valence-electron chi connectivity index (χ2n) is 4.99. The first-order valence-corrected chi connectivity index (χ1v) is 6.95. The summed E-state index contributed by atoms with van der Waals surface area (Å²) in [4.78, 5) is 21.8. The Balaban J connectivity index is 1.82. The average Bonchev–Trinajstić information content (AvgIpc) is 2.96. The van der Waals surface area contributed by atoms with Gasteiger partial charge in [-0.15, -0.1) is 0 Å². The summed E-state index contributed by atoms with van der Waals surface area (Å²) in [5.74, 6) is -0.880. The molecule has 0 radical (unpaired) electrons. The van der Waals surface area contributed by atoms with E-state index in [2.05, 4.69) is 5.32 Å². The number of nitrogens with zero attached hydrogens (tertiary/aromatic N) is 1. The van der Waals surface area contributed by atoms with Gasteiger partial charge in [-0.25, -0.2) is 0 Å². The maximum Gasteiger partial charge on any atom is 0.311 e. The van der Waals surface area contributed by atoms with Crippen LogP contribution in [0.4, 0.5) is 5.69 Å². The van der Waals surface area contributed by atoms with Crippen LogP contribution in [0.5, 0.6) is 5.75 Å². The Morgan fingerprint density at radius 3 is 2.81 bits per heavy atom. The van der Waals surface area contributed by atoms with Crippen LogP contribution in [0.3, 0.4) is 0 Å². The molecule has 0 saturated heterocycles. The maximum atomic E-state index is 11.9. The summed E-state index contributed by atoms with van der Waals surface area (Å²) in [7, 11) is 0. The minimum Gasteiger partial charge on any atom is -0.502 e. The number of nitrogens with one attached hydrogen (secondary N) is 1. The van der Waals surface area contributed by atoms with E-state index < -0.39 is 22.3 Å². The van der Waals surface area contributed by atoms with Crippen molar-refractivity contribution in [2.45, 2.75) is 31.8 Å². The highest BCUT2D eigenvalue weighted by molar-refractivity contribution is 5.95. The molecular weight excluding hydrogens is 276 g/mol.